The van der Waals surface area contributed by atoms with Gasteiger partial charge in [0.05, 0.1) is 6.42 Å². The number of nitrogens with zero attached hydrogens (tertiary/aromatic N) is 1. The van der Waals surface area contributed by atoms with Gasteiger partial charge in [0.25, 0.3) is 5.91 Å². The van der Waals surface area contributed by atoms with Gasteiger partial charge in [-0.15, -0.1) is 0 Å². The topological polar surface area (TPSA) is 92.5 Å². The van der Waals surface area contributed by atoms with E-state index in [4.69, 9.17) is 5.73 Å². The molecular formula is C19H19N3O3. The maximum atomic E-state index is 12.9. The number of rotatable bonds is 6. The second kappa shape index (κ2) is 7.17. The molecule has 1 heterocycles. The lowest BCUT2D eigenvalue weighted by molar-refractivity contribution is -0.118. The van der Waals surface area contributed by atoms with E-state index in [9.17, 15) is 14.4 Å². The van der Waals surface area contributed by atoms with E-state index >= 15 is 0 Å². The molecule has 0 unspecified atom stereocenters. The second-order valence-corrected chi connectivity index (χ2v) is 6.03. The summed E-state index contributed by atoms with van der Waals surface area (Å²) in [5.41, 5.74) is 8.26. The monoisotopic (exact) mass is 337 g/mol. The van der Waals surface area contributed by atoms with Gasteiger partial charge < -0.3 is 16.0 Å². The highest BCUT2D eigenvalue weighted by Crippen LogP contribution is 2.24. The van der Waals surface area contributed by atoms with Crippen molar-refractivity contribution < 1.29 is 14.4 Å². The standard InChI is InChI=1S/C19H19N3O3/c20-17(23)8-9-22(12-13-4-2-1-3-5-13)19(25)14-6-7-16-15(10-14)11-18(24)21-16/h1-7,10H,8-9,11-12H2,(H2,20,23)(H,21,24). The molecule has 0 saturated heterocycles. The number of carbonyl (C=O) groups is 3. The highest BCUT2D eigenvalue weighted by atomic mass is 16.2. The van der Waals surface area contributed by atoms with Crippen LogP contribution in [0.4, 0.5) is 5.69 Å². The van der Waals surface area contributed by atoms with Crippen molar-refractivity contribution in [3.05, 3.63) is 65.2 Å². The van der Waals surface area contributed by atoms with Gasteiger partial charge in [-0.1, -0.05) is 30.3 Å². The Balaban J connectivity index is 1.82. The molecule has 6 nitrogen and oxygen atoms in total. The van der Waals surface area contributed by atoms with Gasteiger partial charge in [0, 0.05) is 30.8 Å². The lowest BCUT2D eigenvalue weighted by Crippen LogP contribution is -2.33. The zero-order valence-corrected chi connectivity index (χ0v) is 13.7. The van der Waals surface area contributed by atoms with Crippen molar-refractivity contribution in [2.75, 3.05) is 11.9 Å². The predicted octanol–water partition coefficient (Wildman–Crippen LogP) is 1.70. The normalized spacial score (nSPS) is 12.4. The first-order valence-corrected chi connectivity index (χ1v) is 8.07. The molecule has 2 aromatic rings. The number of amides is 3. The van der Waals surface area contributed by atoms with E-state index in [1.54, 1.807) is 23.1 Å². The molecule has 0 spiro atoms. The van der Waals surface area contributed by atoms with Crippen molar-refractivity contribution in [2.24, 2.45) is 5.73 Å². The summed E-state index contributed by atoms with van der Waals surface area (Å²) in [6.07, 6.45) is 0.375. The largest absolute Gasteiger partial charge is 0.370 e. The smallest absolute Gasteiger partial charge is 0.254 e. The Bertz CT molecular complexity index is 818. The summed E-state index contributed by atoms with van der Waals surface area (Å²) >= 11 is 0. The van der Waals surface area contributed by atoms with Crippen LogP contribution in [0, 0.1) is 0 Å². The minimum Gasteiger partial charge on any atom is -0.370 e. The summed E-state index contributed by atoms with van der Waals surface area (Å²) < 4.78 is 0. The number of anilines is 1. The first-order chi connectivity index (χ1) is 12.0. The number of hydrogen-bond donors (Lipinski definition) is 2. The maximum Gasteiger partial charge on any atom is 0.254 e. The summed E-state index contributed by atoms with van der Waals surface area (Å²) in [7, 11) is 0. The van der Waals surface area contributed by atoms with Gasteiger partial charge in [0.15, 0.2) is 0 Å². The molecule has 0 atom stereocenters. The lowest BCUT2D eigenvalue weighted by atomic mass is 10.1. The quantitative estimate of drug-likeness (QED) is 0.840. The summed E-state index contributed by atoms with van der Waals surface area (Å²) in [6, 6.07) is 14.7. The van der Waals surface area contributed by atoms with Crippen molar-refractivity contribution in [1.82, 2.24) is 4.90 Å². The van der Waals surface area contributed by atoms with Crippen LogP contribution in [0.2, 0.25) is 0 Å². The Morgan fingerprint density at radius 1 is 1.12 bits per heavy atom. The Morgan fingerprint density at radius 2 is 1.88 bits per heavy atom. The average Bonchev–Trinajstić information content (AvgIpc) is 2.97. The Hall–Kier alpha value is -3.15. The van der Waals surface area contributed by atoms with Crippen LogP contribution < -0.4 is 11.1 Å². The fourth-order valence-electron chi connectivity index (χ4n) is 2.85. The van der Waals surface area contributed by atoms with Crippen molar-refractivity contribution in [3.8, 4) is 0 Å². The van der Waals surface area contributed by atoms with Gasteiger partial charge in [-0.05, 0) is 29.3 Å². The number of benzene rings is 2. The number of carbonyl (C=O) groups excluding carboxylic acids is 3. The molecule has 128 valence electrons. The predicted molar refractivity (Wildman–Crippen MR) is 93.8 cm³/mol. The minimum atomic E-state index is -0.449. The number of nitrogens with two attached hydrogens (primary N) is 1. The summed E-state index contributed by atoms with van der Waals surface area (Å²) in [6.45, 7) is 0.637. The van der Waals surface area contributed by atoms with Crippen molar-refractivity contribution in [1.29, 1.82) is 0 Å². The molecule has 0 radical (unpaired) electrons. The Labute approximate surface area is 145 Å². The van der Waals surface area contributed by atoms with Gasteiger partial charge in [0.1, 0.15) is 0 Å². The molecule has 1 aliphatic rings. The lowest BCUT2D eigenvalue weighted by Gasteiger charge is -2.23. The molecule has 0 saturated carbocycles. The Morgan fingerprint density at radius 3 is 2.60 bits per heavy atom. The maximum absolute atomic E-state index is 12.9. The molecule has 0 fully saturated rings. The fourth-order valence-corrected chi connectivity index (χ4v) is 2.85. The van der Waals surface area contributed by atoms with Gasteiger partial charge in [-0.3, -0.25) is 14.4 Å². The first-order valence-electron chi connectivity index (χ1n) is 8.07. The van der Waals surface area contributed by atoms with Crippen LogP contribution in [0.25, 0.3) is 0 Å². The molecular weight excluding hydrogens is 318 g/mol. The molecule has 0 aromatic heterocycles. The molecule has 6 heteroatoms. The summed E-state index contributed by atoms with van der Waals surface area (Å²) in [4.78, 5) is 37.1. The van der Waals surface area contributed by atoms with Crippen LogP contribution in [-0.4, -0.2) is 29.2 Å². The highest BCUT2D eigenvalue weighted by molar-refractivity contribution is 6.01. The van der Waals surface area contributed by atoms with Gasteiger partial charge >= 0.3 is 0 Å². The molecule has 3 N–H and O–H groups in total. The molecule has 0 aliphatic carbocycles. The van der Waals surface area contributed by atoms with E-state index in [-0.39, 0.29) is 31.2 Å². The van der Waals surface area contributed by atoms with Crippen LogP contribution in [-0.2, 0) is 22.6 Å². The van der Waals surface area contributed by atoms with E-state index in [0.29, 0.717) is 12.1 Å². The van der Waals surface area contributed by atoms with Crippen molar-refractivity contribution in [3.63, 3.8) is 0 Å². The molecule has 2 aromatic carbocycles. The molecule has 3 amide bonds. The van der Waals surface area contributed by atoms with E-state index in [1.165, 1.54) is 0 Å². The highest BCUT2D eigenvalue weighted by Gasteiger charge is 2.22. The number of hydrogen-bond acceptors (Lipinski definition) is 3. The zero-order valence-electron chi connectivity index (χ0n) is 13.7. The van der Waals surface area contributed by atoms with E-state index in [2.05, 4.69) is 5.32 Å². The third kappa shape index (κ3) is 4.03. The van der Waals surface area contributed by atoms with E-state index in [0.717, 1.165) is 16.8 Å². The fraction of sp³-hybridized carbons (Fsp3) is 0.211. The van der Waals surface area contributed by atoms with E-state index in [1.807, 2.05) is 30.3 Å². The zero-order chi connectivity index (χ0) is 17.8. The SMILES string of the molecule is NC(=O)CCN(Cc1ccccc1)C(=O)c1ccc2c(c1)CC(=O)N2. The van der Waals surface area contributed by atoms with Crippen LogP contribution in [0.5, 0.6) is 0 Å². The van der Waals surface area contributed by atoms with Gasteiger partial charge in [0.2, 0.25) is 11.8 Å². The van der Waals surface area contributed by atoms with Gasteiger partial charge in [-0.25, -0.2) is 0 Å². The molecule has 1 aliphatic heterocycles. The molecule has 3 rings (SSSR count). The Kier molecular flexibility index (Phi) is 4.79. The van der Waals surface area contributed by atoms with Crippen LogP contribution >= 0.6 is 0 Å². The summed E-state index contributed by atoms with van der Waals surface area (Å²) in [5.74, 6) is -0.712. The van der Waals surface area contributed by atoms with Crippen molar-refractivity contribution >= 4 is 23.4 Å². The summed E-state index contributed by atoms with van der Waals surface area (Å²) in [5, 5.41) is 2.75. The average molecular weight is 337 g/mol. The number of nitrogens with one attached hydrogen (secondary N) is 1. The first kappa shape index (κ1) is 16.7. The molecule has 0 bridgehead atoms. The molecule has 25 heavy (non-hydrogen) atoms. The minimum absolute atomic E-state index is 0.0746. The van der Waals surface area contributed by atoms with Crippen LogP contribution in [0.3, 0.4) is 0 Å². The van der Waals surface area contributed by atoms with Crippen molar-refractivity contribution in [2.45, 2.75) is 19.4 Å². The van der Waals surface area contributed by atoms with Gasteiger partial charge in [-0.2, -0.15) is 0 Å². The third-order valence-corrected chi connectivity index (χ3v) is 4.11. The van der Waals surface area contributed by atoms with E-state index < -0.39 is 5.91 Å². The number of fused-ring (bicyclic) bond motifs is 1. The van der Waals surface area contributed by atoms with Crippen LogP contribution in [0.1, 0.15) is 27.9 Å². The number of primary amides is 1. The third-order valence-electron chi connectivity index (χ3n) is 4.11. The van der Waals surface area contributed by atoms with Crippen LogP contribution in [0.15, 0.2) is 48.5 Å². The second-order valence-electron chi connectivity index (χ2n) is 6.03.